The van der Waals surface area contributed by atoms with Gasteiger partial charge in [-0.25, -0.2) is 23.5 Å². The Bertz CT molecular complexity index is 1390. The highest BCUT2D eigenvalue weighted by Gasteiger charge is 2.35. The number of carbonyl (C=O) groups excluding carboxylic acids is 1. The highest BCUT2D eigenvalue weighted by molar-refractivity contribution is 7.71. The van der Waals surface area contributed by atoms with E-state index in [9.17, 15) is 18.1 Å². The lowest BCUT2D eigenvalue weighted by Crippen LogP contribution is -2.43. The molecule has 1 amide bonds. The first-order chi connectivity index (χ1) is 17.6. The number of benzene rings is 1. The molecule has 2 aromatic heterocycles. The Hall–Kier alpha value is -3.13. The Balaban J connectivity index is 1.59. The van der Waals surface area contributed by atoms with Gasteiger partial charge in [-0.2, -0.15) is 0 Å². The van der Waals surface area contributed by atoms with Gasteiger partial charge in [-0.1, -0.05) is 18.2 Å². The van der Waals surface area contributed by atoms with Gasteiger partial charge in [-0.05, 0) is 52.3 Å². The van der Waals surface area contributed by atoms with E-state index < -0.39 is 24.8 Å². The number of nitrogens with one attached hydrogen (secondary N) is 1. The fraction of sp³-hybridized carbons (Fsp3) is 0.481. The lowest BCUT2D eigenvalue weighted by atomic mass is 10.0. The average Bonchev–Trinajstić information content (AvgIpc) is 2.82. The van der Waals surface area contributed by atoms with Crippen molar-refractivity contribution in [1.82, 2.24) is 19.9 Å². The van der Waals surface area contributed by atoms with Gasteiger partial charge >= 0.3 is 6.09 Å². The molecule has 0 unspecified atom stereocenters. The maximum Gasteiger partial charge on any atom is 0.410 e. The number of alkyl halides is 2. The fourth-order valence-electron chi connectivity index (χ4n) is 4.37. The van der Waals surface area contributed by atoms with E-state index in [1.54, 1.807) is 36.2 Å². The lowest BCUT2D eigenvalue weighted by Gasteiger charge is -2.33. The maximum absolute atomic E-state index is 13.9. The second kappa shape index (κ2) is 10.2. The molecule has 1 saturated heterocycles. The smallest absolute Gasteiger partial charge is 0.410 e. The van der Waals surface area contributed by atoms with E-state index in [2.05, 4.69) is 20.3 Å². The number of anilines is 1. The Labute approximate surface area is 221 Å². The molecule has 0 aliphatic carbocycles. The van der Waals surface area contributed by atoms with Crippen molar-refractivity contribution in [2.45, 2.75) is 59.1 Å². The minimum Gasteiger partial charge on any atom is -0.444 e. The summed E-state index contributed by atoms with van der Waals surface area (Å²) in [5, 5.41) is 3.97. The Morgan fingerprint density at radius 1 is 1.13 bits per heavy atom. The summed E-state index contributed by atoms with van der Waals surface area (Å²) in [6.07, 6.45) is 1.78. The molecular weight excluding hydrogens is 511 g/mol. The first-order valence-electron chi connectivity index (χ1n) is 12.6. The third-order valence-electron chi connectivity index (χ3n) is 6.46. The molecule has 38 heavy (non-hydrogen) atoms. The molecule has 1 aliphatic heterocycles. The second-order valence-corrected chi connectivity index (χ2v) is 14.0. The van der Waals surface area contributed by atoms with Crippen LogP contribution in [0.3, 0.4) is 0 Å². The predicted octanol–water partition coefficient (Wildman–Crippen LogP) is 5.86. The zero-order valence-electron chi connectivity index (χ0n) is 22.6. The molecule has 204 valence electrons. The van der Waals surface area contributed by atoms with Crippen LogP contribution < -0.4 is 10.8 Å². The molecule has 1 atom stereocenters. The molecule has 0 radical (unpaired) electrons. The van der Waals surface area contributed by atoms with E-state index in [4.69, 9.17) is 4.74 Å². The number of aryl methyl sites for hydroxylation is 1. The summed E-state index contributed by atoms with van der Waals surface area (Å²) in [5.74, 6) is -1.91. The molecule has 1 aliphatic rings. The minimum atomic E-state index is -2.94. The van der Waals surface area contributed by atoms with Crippen LogP contribution in [0.15, 0.2) is 36.5 Å². The number of ether oxygens (including phenoxy) is 1. The highest BCUT2D eigenvalue weighted by atomic mass is 31.2. The molecule has 0 saturated carbocycles. The van der Waals surface area contributed by atoms with Crippen molar-refractivity contribution < 1.29 is 22.9 Å². The summed E-state index contributed by atoms with van der Waals surface area (Å²) in [5.41, 5.74) is 1.07. The van der Waals surface area contributed by atoms with Gasteiger partial charge in [-0.3, -0.25) is 4.98 Å². The van der Waals surface area contributed by atoms with Crippen molar-refractivity contribution in [2.75, 3.05) is 30.7 Å². The summed E-state index contributed by atoms with van der Waals surface area (Å²) in [6, 6.07) is 7.71. The van der Waals surface area contributed by atoms with E-state index in [0.717, 1.165) is 6.92 Å². The number of carbonyl (C=O) groups is 1. The quantitative estimate of drug-likeness (QED) is 0.401. The standard InChI is InChI=1S/C27H34F2N5O3P/c1-17(19-8-7-9-20(14-19)27(6,28)29)31-24-21-15-23(30-16-22(21)32-18(2)33-24)38(36)12-10-34(11-13-38)25(35)37-26(3,4)5/h7-9,14-17H,10-13H2,1-6H3,(H,31,32,33)/t17-/m1/s1. The normalized spacial score (nSPS) is 16.8. The van der Waals surface area contributed by atoms with Crippen LogP contribution in [0.4, 0.5) is 19.4 Å². The van der Waals surface area contributed by atoms with Gasteiger partial charge in [0.05, 0.1) is 11.7 Å². The molecular formula is C27H34F2N5O3P. The van der Waals surface area contributed by atoms with Gasteiger partial charge < -0.3 is 19.5 Å². The number of fused-ring (bicyclic) bond motifs is 1. The number of aromatic nitrogens is 3. The van der Waals surface area contributed by atoms with Crippen LogP contribution in [0.5, 0.6) is 0 Å². The van der Waals surface area contributed by atoms with Crippen molar-refractivity contribution in [3.05, 3.63) is 53.5 Å². The predicted molar refractivity (Wildman–Crippen MR) is 145 cm³/mol. The van der Waals surface area contributed by atoms with Crippen LogP contribution in [0, 0.1) is 6.92 Å². The van der Waals surface area contributed by atoms with Crippen LogP contribution in [0.25, 0.3) is 10.9 Å². The van der Waals surface area contributed by atoms with Crippen LogP contribution in [-0.4, -0.2) is 57.0 Å². The minimum absolute atomic E-state index is 0.0605. The number of hydrogen-bond acceptors (Lipinski definition) is 7. The van der Waals surface area contributed by atoms with Gasteiger partial charge in [0.15, 0.2) is 0 Å². The maximum atomic E-state index is 13.9. The van der Waals surface area contributed by atoms with Gasteiger partial charge in [0.1, 0.15) is 29.8 Å². The first kappa shape index (κ1) is 27.9. The van der Waals surface area contributed by atoms with E-state index in [0.29, 0.717) is 59.0 Å². The van der Waals surface area contributed by atoms with Crippen molar-refractivity contribution in [2.24, 2.45) is 0 Å². The SMILES string of the molecule is Cc1nc(N[C@H](C)c2cccc(C(C)(F)F)c2)c2cc(P3(=O)CCN(C(=O)OC(C)(C)C)CC3)ncc2n1. The van der Waals surface area contributed by atoms with Crippen LogP contribution in [0.1, 0.15) is 57.6 Å². The van der Waals surface area contributed by atoms with Gasteiger partial charge in [0.25, 0.3) is 5.92 Å². The van der Waals surface area contributed by atoms with E-state index in [-0.39, 0.29) is 11.6 Å². The number of nitrogens with zero attached hydrogens (tertiary/aromatic N) is 4. The monoisotopic (exact) mass is 545 g/mol. The largest absolute Gasteiger partial charge is 0.444 e. The molecule has 0 bridgehead atoms. The molecule has 3 aromatic rings. The first-order valence-corrected chi connectivity index (χ1v) is 14.7. The third-order valence-corrected chi connectivity index (χ3v) is 9.38. The summed E-state index contributed by atoms with van der Waals surface area (Å²) >= 11 is 0. The average molecular weight is 546 g/mol. The van der Waals surface area contributed by atoms with E-state index in [1.807, 2.05) is 27.7 Å². The topological polar surface area (TPSA) is 97.3 Å². The second-order valence-electron chi connectivity index (χ2n) is 10.9. The Morgan fingerprint density at radius 2 is 1.82 bits per heavy atom. The van der Waals surface area contributed by atoms with Gasteiger partial charge in [0.2, 0.25) is 0 Å². The molecule has 0 spiro atoms. The Morgan fingerprint density at radius 3 is 2.45 bits per heavy atom. The summed E-state index contributed by atoms with van der Waals surface area (Å²) in [4.78, 5) is 27.5. The summed E-state index contributed by atoms with van der Waals surface area (Å²) in [6.45, 7) is 10.6. The number of hydrogen-bond donors (Lipinski definition) is 1. The van der Waals surface area contributed by atoms with Crippen LogP contribution >= 0.6 is 7.14 Å². The highest BCUT2D eigenvalue weighted by Crippen LogP contribution is 2.46. The third kappa shape index (κ3) is 6.29. The van der Waals surface area contributed by atoms with Crippen molar-refractivity contribution >= 4 is 35.4 Å². The number of rotatable bonds is 5. The molecule has 1 fully saturated rings. The number of halogens is 2. The number of amides is 1. The Kier molecular flexibility index (Phi) is 7.49. The molecule has 11 heteroatoms. The molecule has 1 N–H and O–H groups in total. The summed E-state index contributed by atoms with van der Waals surface area (Å²) in [7, 11) is -2.87. The van der Waals surface area contributed by atoms with Gasteiger partial charge in [-0.15, -0.1) is 0 Å². The fourth-order valence-corrected chi connectivity index (χ4v) is 6.81. The van der Waals surface area contributed by atoms with Crippen molar-refractivity contribution in [1.29, 1.82) is 0 Å². The van der Waals surface area contributed by atoms with E-state index >= 15 is 0 Å². The molecule has 3 heterocycles. The van der Waals surface area contributed by atoms with Gasteiger partial charge in [0, 0.05) is 49.3 Å². The lowest BCUT2D eigenvalue weighted by molar-refractivity contribution is 0.0173. The van der Waals surface area contributed by atoms with Crippen LogP contribution in [0.2, 0.25) is 0 Å². The van der Waals surface area contributed by atoms with E-state index in [1.165, 1.54) is 12.1 Å². The molecule has 8 nitrogen and oxygen atoms in total. The molecule has 1 aromatic carbocycles. The number of pyridine rings is 1. The summed E-state index contributed by atoms with van der Waals surface area (Å²) < 4.78 is 47.1. The van der Waals surface area contributed by atoms with Crippen LogP contribution in [-0.2, 0) is 15.2 Å². The molecule has 4 rings (SSSR count). The van der Waals surface area contributed by atoms with Crippen molar-refractivity contribution in [3.8, 4) is 0 Å². The zero-order valence-corrected chi connectivity index (χ0v) is 23.5. The van der Waals surface area contributed by atoms with Crippen molar-refractivity contribution in [3.63, 3.8) is 0 Å². The zero-order chi connectivity index (χ0) is 27.9.